The van der Waals surface area contributed by atoms with E-state index in [4.69, 9.17) is 10.5 Å². The largest absolute Gasteiger partial charge is 0.497 e. The van der Waals surface area contributed by atoms with Crippen LogP contribution in [-0.4, -0.2) is 46.5 Å². The van der Waals surface area contributed by atoms with E-state index >= 15 is 0 Å². The van der Waals surface area contributed by atoms with E-state index in [0.717, 1.165) is 33.3 Å². The molecule has 9 nitrogen and oxygen atoms in total. The first kappa shape index (κ1) is 23.8. The lowest BCUT2D eigenvalue weighted by Gasteiger charge is -2.16. The van der Waals surface area contributed by atoms with Crippen LogP contribution in [0, 0.1) is 6.92 Å². The number of H-pyrrole nitrogens is 1. The standard InChI is InChI=1S/C28H25N5O4/c1-15(26(29)34)13-33-14-24-22(18-6-9-25-21(10-18)16(2)31-32-25)11-19(12-23(24)28(33)36)30-27(35)17-4-7-20(37-3)8-5-17/h4-12H,1,13-14H2,2-3H3,(H2,29,34)(H,30,35)(H,31,32). The van der Waals surface area contributed by atoms with Crippen LogP contribution in [0.3, 0.4) is 0 Å². The number of carbonyl (C=O) groups is 3. The number of amides is 3. The Balaban J connectivity index is 1.56. The highest BCUT2D eigenvalue weighted by molar-refractivity contribution is 6.07. The van der Waals surface area contributed by atoms with Crippen LogP contribution in [0.15, 0.2) is 66.7 Å². The predicted molar refractivity (Wildman–Crippen MR) is 140 cm³/mol. The number of carbonyl (C=O) groups excluding carboxylic acids is 3. The Bertz CT molecular complexity index is 1590. The van der Waals surface area contributed by atoms with Gasteiger partial charge in [-0.05, 0) is 72.1 Å². The molecule has 0 atom stereocenters. The number of anilines is 1. The van der Waals surface area contributed by atoms with Crippen LogP contribution in [0.1, 0.15) is 32.0 Å². The van der Waals surface area contributed by atoms with E-state index in [1.54, 1.807) is 37.4 Å². The molecule has 0 saturated heterocycles. The van der Waals surface area contributed by atoms with Crippen LogP contribution in [-0.2, 0) is 11.3 Å². The number of ether oxygens (including phenoxy) is 1. The summed E-state index contributed by atoms with van der Waals surface area (Å²) in [5.74, 6) is -0.597. The van der Waals surface area contributed by atoms with Crippen LogP contribution in [0.4, 0.5) is 5.69 Å². The fourth-order valence-electron chi connectivity index (χ4n) is 4.49. The summed E-state index contributed by atoms with van der Waals surface area (Å²) in [6, 6.07) is 16.2. The van der Waals surface area contributed by atoms with Gasteiger partial charge >= 0.3 is 0 Å². The summed E-state index contributed by atoms with van der Waals surface area (Å²) in [5, 5.41) is 11.1. The number of benzene rings is 3. The number of fused-ring (bicyclic) bond motifs is 2. The SMILES string of the molecule is C=C(CN1Cc2c(cc(NC(=O)c3ccc(OC)cc3)cc2-c2ccc3[nH]nc(C)c3c2)C1=O)C(N)=O. The molecule has 0 fully saturated rings. The third-order valence-corrected chi connectivity index (χ3v) is 6.52. The molecule has 1 aromatic heterocycles. The summed E-state index contributed by atoms with van der Waals surface area (Å²) in [5.41, 5.74) is 11.1. The zero-order chi connectivity index (χ0) is 26.3. The van der Waals surface area contributed by atoms with Crippen molar-refractivity contribution < 1.29 is 19.1 Å². The molecule has 2 heterocycles. The molecular formula is C28H25N5O4. The minimum atomic E-state index is -0.655. The lowest BCUT2D eigenvalue weighted by atomic mass is 9.95. The van der Waals surface area contributed by atoms with Gasteiger partial charge in [-0.3, -0.25) is 19.5 Å². The molecule has 9 heteroatoms. The van der Waals surface area contributed by atoms with E-state index in [0.29, 0.717) is 22.6 Å². The van der Waals surface area contributed by atoms with Gasteiger partial charge < -0.3 is 20.7 Å². The van der Waals surface area contributed by atoms with Crippen molar-refractivity contribution in [1.29, 1.82) is 0 Å². The Morgan fingerprint density at radius 2 is 1.86 bits per heavy atom. The van der Waals surface area contributed by atoms with Gasteiger partial charge in [-0.2, -0.15) is 5.10 Å². The summed E-state index contributed by atoms with van der Waals surface area (Å²) >= 11 is 0. The Hall–Kier alpha value is -4.92. The summed E-state index contributed by atoms with van der Waals surface area (Å²) in [6.45, 7) is 5.91. The molecule has 37 heavy (non-hydrogen) atoms. The average Bonchev–Trinajstić information content (AvgIpc) is 3.42. The first-order chi connectivity index (χ1) is 17.7. The van der Waals surface area contributed by atoms with Crippen LogP contribution < -0.4 is 15.8 Å². The van der Waals surface area contributed by atoms with Crippen molar-refractivity contribution in [3.8, 4) is 16.9 Å². The Morgan fingerprint density at radius 3 is 2.57 bits per heavy atom. The van der Waals surface area contributed by atoms with Crippen molar-refractivity contribution in [3.05, 3.63) is 89.1 Å². The second kappa shape index (κ2) is 9.27. The molecule has 1 aliphatic heterocycles. The first-order valence-corrected chi connectivity index (χ1v) is 11.6. The van der Waals surface area contributed by atoms with Gasteiger partial charge in [-0.15, -0.1) is 0 Å². The van der Waals surface area contributed by atoms with E-state index in [1.807, 2.05) is 31.2 Å². The van der Waals surface area contributed by atoms with Crippen molar-refractivity contribution in [1.82, 2.24) is 15.1 Å². The molecule has 0 bridgehead atoms. The lowest BCUT2D eigenvalue weighted by molar-refractivity contribution is -0.114. The van der Waals surface area contributed by atoms with Crippen molar-refractivity contribution in [2.24, 2.45) is 5.73 Å². The summed E-state index contributed by atoms with van der Waals surface area (Å²) in [6.07, 6.45) is 0. The maximum atomic E-state index is 13.3. The molecule has 1 aliphatic rings. The number of aromatic amines is 1. The van der Waals surface area contributed by atoms with E-state index in [2.05, 4.69) is 22.1 Å². The smallest absolute Gasteiger partial charge is 0.255 e. The molecule has 0 saturated carbocycles. The zero-order valence-corrected chi connectivity index (χ0v) is 20.4. The van der Waals surface area contributed by atoms with Crippen LogP contribution in [0.5, 0.6) is 5.75 Å². The van der Waals surface area contributed by atoms with E-state index in [1.165, 1.54) is 4.90 Å². The number of rotatable bonds is 7. The van der Waals surface area contributed by atoms with Crippen LogP contribution in [0.25, 0.3) is 22.0 Å². The number of methoxy groups -OCH3 is 1. The van der Waals surface area contributed by atoms with Crippen LogP contribution >= 0.6 is 0 Å². The monoisotopic (exact) mass is 495 g/mol. The number of nitrogens with two attached hydrogens (primary N) is 1. The summed E-state index contributed by atoms with van der Waals surface area (Å²) in [7, 11) is 1.56. The molecule has 0 aliphatic carbocycles. The average molecular weight is 496 g/mol. The van der Waals surface area contributed by atoms with E-state index in [-0.39, 0.29) is 30.5 Å². The van der Waals surface area contributed by atoms with Gasteiger partial charge in [0.15, 0.2) is 0 Å². The molecule has 0 spiro atoms. The number of hydrogen-bond donors (Lipinski definition) is 3. The summed E-state index contributed by atoms with van der Waals surface area (Å²) < 4.78 is 5.16. The fraction of sp³-hybridized carbons (Fsp3) is 0.143. The quantitative estimate of drug-likeness (QED) is 0.336. The first-order valence-electron chi connectivity index (χ1n) is 11.6. The molecular weight excluding hydrogens is 470 g/mol. The molecule has 186 valence electrons. The molecule has 3 aromatic carbocycles. The third kappa shape index (κ3) is 4.42. The van der Waals surface area contributed by atoms with Gasteiger partial charge in [0.1, 0.15) is 5.75 Å². The lowest BCUT2D eigenvalue weighted by Crippen LogP contribution is -2.30. The second-order valence-corrected chi connectivity index (χ2v) is 8.93. The number of nitrogens with one attached hydrogen (secondary N) is 2. The van der Waals surface area contributed by atoms with Crippen molar-refractivity contribution >= 4 is 34.3 Å². The third-order valence-electron chi connectivity index (χ3n) is 6.52. The molecule has 4 aromatic rings. The van der Waals surface area contributed by atoms with Gasteiger partial charge in [0.25, 0.3) is 11.8 Å². The van der Waals surface area contributed by atoms with Crippen molar-refractivity contribution in [3.63, 3.8) is 0 Å². The number of aryl methyl sites for hydroxylation is 1. The maximum Gasteiger partial charge on any atom is 0.255 e. The van der Waals surface area contributed by atoms with Crippen LogP contribution in [0.2, 0.25) is 0 Å². The second-order valence-electron chi connectivity index (χ2n) is 8.93. The minimum absolute atomic E-state index is 0.0235. The van der Waals surface area contributed by atoms with Gasteiger partial charge in [0.2, 0.25) is 5.91 Å². The normalized spacial score (nSPS) is 12.5. The highest BCUT2D eigenvalue weighted by Crippen LogP contribution is 2.37. The van der Waals surface area contributed by atoms with Crippen molar-refractivity contribution in [2.75, 3.05) is 19.0 Å². The highest BCUT2D eigenvalue weighted by Gasteiger charge is 2.31. The Kier molecular flexibility index (Phi) is 5.96. The van der Waals surface area contributed by atoms with Gasteiger partial charge in [-0.25, -0.2) is 0 Å². The molecule has 4 N–H and O–H groups in total. The number of nitrogens with zero attached hydrogens (tertiary/aromatic N) is 2. The number of aromatic nitrogens is 2. The van der Waals surface area contributed by atoms with Crippen molar-refractivity contribution in [2.45, 2.75) is 13.5 Å². The zero-order valence-electron chi connectivity index (χ0n) is 20.4. The Labute approximate surface area is 212 Å². The molecule has 0 radical (unpaired) electrons. The molecule has 0 unspecified atom stereocenters. The molecule has 3 amide bonds. The fourth-order valence-corrected chi connectivity index (χ4v) is 4.49. The topological polar surface area (TPSA) is 130 Å². The summed E-state index contributed by atoms with van der Waals surface area (Å²) in [4.78, 5) is 39.4. The maximum absolute atomic E-state index is 13.3. The number of primary amides is 1. The Morgan fingerprint density at radius 1 is 1.14 bits per heavy atom. The minimum Gasteiger partial charge on any atom is -0.497 e. The number of hydrogen-bond acceptors (Lipinski definition) is 5. The van der Waals surface area contributed by atoms with E-state index < -0.39 is 5.91 Å². The van der Waals surface area contributed by atoms with Gasteiger partial charge in [-0.1, -0.05) is 12.6 Å². The molecule has 5 rings (SSSR count). The predicted octanol–water partition coefficient (Wildman–Crippen LogP) is 3.80. The van der Waals surface area contributed by atoms with E-state index in [9.17, 15) is 14.4 Å². The highest BCUT2D eigenvalue weighted by atomic mass is 16.5. The van der Waals surface area contributed by atoms with Gasteiger partial charge in [0, 0.05) is 34.3 Å². The van der Waals surface area contributed by atoms with Gasteiger partial charge in [0.05, 0.1) is 24.9 Å².